The first-order valence-corrected chi connectivity index (χ1v) is 15.0. The molecule has 1 heterocycles. The molecule has 2 aromatic carbocycles. The highest BCUT2D eigenvalue weighted by molar-refractivity contribution is 5.79. The summed E-state index contributed by atoms with van der Waals surface area (Å²) in [4.78, 5) is 41.8. The molecule has 2 aromatic rings. The van der Waals surface area contributed by atoms with E-state index in [1.807, 2.05) is 45.0 Å². The summed E-state index contributed by atoms with van der Waals surface area (Å²) in [7, 11) is 0. The zero-order valence-corrected chi connectivity index (χ0v) is 24.8. The summed E-state index contributed by atoms with van der Waals surface area (Å²) in [6.07, 6.45) is 1.92. The molecule has 2 aliphatic carbocycles. The van der Waals surface area contributed by atoms with Crippen LogP contribution in [0.3, 0.4) is 0 Å². The minimum Gasteiger partial charge on any atom is -0.481 e. The van der Waals surface area contributed by atoms with Crippen molar-refractivity contribution in [3.8, 4) is 11.1 Å². The summed E-state index contributed by atoms with van der Waals surface area (Å²) in [5.41, 5.74) is 3.95. The second-order valence-corrected chi connectivity index (χ2v) is 12.5. The van der Waals surface area contributed by atoms with Crippen LogP contribution in [0.4, 0.5) is 9.59 Å². The Morgan fingerprint density at radius 2 is 1.69 bits per heavy atom. The van der Waals surface area contributed by atoms with Gasteiger partial charge in [-0.2, -0.15) is 0 Å². The van der Waals surface area contributed by atoms with Crippen molar-refractivity contribution in [1.29, 1.82) is 0 Å². The highest BCUT2D eigenvalue weighted by atomic mass is 16.6. The number of morpholine rings is 1. The maximum absolute atomic E-state index is 13.8. The smallest absolute Gasteiger partial charge is 0.410 e. The molecule has 0 bridgehead atoms. The van der Waals surface area contributed by atoms with Gasteiger partial charge in [0.15, 0.2) is 0 Å². The highest BCUT2D eigenvalue weighted by Gasteiger charge is 2.45. The van der Waals surface area contributed by atoms with Gasteiger partial charge in [0, 0.05) is 37.4 Å². The number of ether oxygens (including phenoxy) is 3. The van der Waals surface area contributed by atoms with Crippen LogP contribution in [-0.2, 0) is 19.0 Å². The summed E-state index contributed by atoms with van der Waals surface area (Å²) in [6.45, 7) is 7.23. The molecule has 0 radical (unpaired) electrons. The lowest BCUT2D eigenvalue weighted by Crippen LogP contribution is -2.57. The second-order valence-electron chi connectivity index (χ2n) is 12.5. The molecule has 1 saturated carbocycles. The average Bonchev–Trinajstić information content (AvgIpc) is 3.56. The summed E-state index contributed by atoms with van der Waals surface area (Å²) in [5.74, 6) is -1.01. The van der Waals surface area contributed by atoms with Gasteiger partial charge in [0.1, 0.15) is 12.2 Å². The number of fused-ring (bicyclic) bond motifs is 3. The van der Waals surface area contributed by atoms with Crippen LogP contribution < -0.4 is 0 Å². The van der Waals surface area contributed by atoms with Crippen molar-refractivity contribution in [1.82, 2.24) is 9.80 Å². The Bertz CT molecular complexity index is 1240. The third-order valence-electron chi connectivity index (χ3n) is 8.58. The first kappa shape index (κ1) is 29.9. The highest BCUT2D eigenvalue weighted by Crippen LogP contribution is 2.45. The van der Waals surface area contributed by atoms with E-state index in [2.05, 4.69) is 24.3 Å². The van der Waals surface area contributed by atoms with E-state index in [1.54, 1.807) is 9.80 Å². The van der Waals surface area contributed by atoms with Crippen molar-refractivity contribution in [3.63, 3.8) is 0 Å². The number of nitrogens with zero attached hydrogens (tertiary/aromatic N) is 2. The van der Waals surface area contributed by atoms with Crippen molar-refractivity contribution in [2.75, 3.05) is 32.9 Å². The second kappa shape index (κ2) is 12.7. The molecule has 5 rings (SSSR count). The van der Waals surface area contributed by atoms with Crippen molar-refractivity contribution < 1.29 is 33.7 Å². The van der Waals surface area contributed by atoms with Crippen LogP contribution in [0.15, 0.2) is 48.5 Å². The van der Waals surface area contributed by atoms with Crippen LogP contribution in [0.25, 0.3) is 11.1 Å². The fraction of sp³-hybridized carbons (Fsp3) is 0.545. The molecular formula is C33H42N2O7. The van der Waals surface area contributed by atoms with E-state index >= 15 is 0 Å². The molecule has 1 aliphatic heterocycles. The van der Waals surface area contributed by atoms with Gasteiger partial charge < -0.3 is 29.1 Å². The first-order chi connectivity index (χ1) is 20.1. The van der Waals surface area contributed by atoms with Crippen molar-refractivity contribution >= 4 is 18.2 Å². The Labute approximate surface area is 247 Å². The zero-order chi connectivity index (χ0) is 29.9. The van der Waals surface area contributed by atoms with Gasteiger partial charge in [-0.1, -0.05) is 55.0 Å². The molecule has 9 heteroatoms. The summed E-state index contributed by atoms with van der Waals surface area (Å²) < 4.78 is 17.6. The van der Waals surface area contributed by atoms with E-state index in [4.69, 9.17) is 14.2 Å². The van der Waals surface area contributed by atoms with Crippen molar-refractivity contribution in [2.45, 2.75) is 76.5 Å². The van der Waals surface area contributed by atoms with Crippen LogP contribution in [0.1, 0.15) is 69.9 Å². The maximum Gasteiger partial charge on any atom is 0.410 e. The number of carbonyl (C=O) groups is 3. The normalized spacial score (nSPS) is 21.9. The Kier molecular flexibility index (Phi) is 9.06. The predicted octanol–water partition coefficient (Wildman–Crippen LogP) is 5.91. The molecule has 42 heavy (non-hydrogen) atoms. The number of rotatable bonds is 8. The summed E-state index contributed by atoms with van der Waals surface area (Å²) >= 11 is 0. The van der Waals surface area contributed by atoms with E-state index in [-0.39, 0.29) is 49.6 Å². The minimum atomic E-state index is -0.901. The molecule has 0 spiro atoms. The SMILES string of the molecule is CC(C)(C)OC(=O)N1CCOCC1C1CCCC1N(CCCC(=O)O)C(=O)OCC1c2ccccc2-c2ccccc21. The average molecular weight is 579 g/mol. The third-order valence-corrected chi connectivity index (χ3v) is 8.58. The van der Waals surface area contributed by atoms with Crippen LogP contribution in [0.2, 0.25) is 0 Å². The van der Waals surface area contributed by atoms with Crippen molar-refractivity contribution in [3.05, 3.63) is 59.7 Å². The lowest BCUT2D eigenvalue weighted by Gasteiger charge is -2.43. The number of carbonyl (C=O) groups excluding carboxylic acids is 2. The Morgan fingerprint density at radius 3 is 2.33 bits per heavy atom. The number of amides is 2. The molecule has 1 N–H and O–H groups in total. The molecule has 2 amide bonds. The van der Waals surface area contributed by atoms with E-state index in [9.17, 15) is 19.5 Å². The molecular weight excluding hydrogens is 536 g/mol. The van der Waals surface area contributed by atoms with Crippen LogP contribution in [0, 0.1) is 5.92 Å². The molecule has 2 fully saturated rings. The van der Waals surface area contributed by atoms with E-state index < -0.39 is 17.7 Å². The molecule has 1 saturated heterocycles. The van der Waals surface area contributed by atoms with Gasteiger partial charge in [-0.3, -0.25) is 4.79 Å². The van der Waals surface area contributed by atoms with Gasteiger partial charge in [-0.25, -0.2) is 9.59 Å². The lowest BCUT2D eigenvalue weighted by atomic mass is 9.91. The van der Waals surface area contributed by atoms with E-state index in [0.29, 0.717) is 26.2 Å². The number of hydrogen-bond acceptors (Lipinski definition) is 6. The Morgan fingerprint density at radius 1 is 1.02 bits per heavy atom. The fourth-order valence-corrected chi connectivity index (χ4v) is 6.80. The van der Waals surface area contributed by atoms with Crippen LogP contribution in [-0.4, -0.2) is 83.7 Å². The molecule has 3 aliphatic rings. The quantitative estimate of drug-likeness (QED) is 0.415. The third kappa shape index (κ3) is 6.56. The monoisotopic (exact) mass is 578 g/mol. The number of hydrogen-bond donors (Lipinski definition) is 1. The standard InChI is InChI=1S/C33H42N2O7/c1-33(2,3)42-32(39)35-18-19-40-21-29(35)26-14-8-15-28(26)34(17-9-16-30(36)37)31(38)41-20-27-24-12-6-4-10-22(24)23-11-5-7-13-25(23)27/h4-7,10-13,26-29H,8-9,14-21H2,1-3H3,(H,36,37). The molecule has 3 atom stereocenters. The van der Waals surface area contributed by atoms with Crippen molar-refractivity contribution in [2.24, 2.45) is 5.92 Å². The first-order valence-electron chi connectivity index (χ1n) is 15.0. The predicted molar refractivity (Wildman–Crippen MR) is 157 cm³/mol. The topological polar surface area (TPSA) is 106 Å². The van der Waals surface area contributed by atoms with Gasteiger partial charge >= 0.3 is 18.2 Å². The van der Waals surface area contributed by atoms with E-state index in [0.717, 1.165) is 41.5 Å². The van der Waals surface area contributed by atoms with Crippen LogP contribution in [0.5, 0.6) is 0 Å². The van der Waals surface area contributed by atoms with Gasteiger partial charge in [-0.15, -0.1) is 0 Å². The lowest BCUT2D eigenvalue weighted by molar-refractivity contribution is -0.137. The molecule has 3 unspecified atom stereocenters. The maximum atomic E-state index is 13.8. The molecule has 226 valence electrons. The molecule has 9 nitrogen and oxygen atoms in total. The number of aliphatic carboxylic acids is 1. The summed E-state index contributed by atoms with van der Waals surface area (Å²) in [6, 6.07) is 16.0. The van der Waals surface area contributed by atoms with Crippen LogP contribution >= 0.6 is 0 Å². The largest absolute Gasteiger partial charge is 0.481 e. The Balaban J connectivity index is 1.35. The summed E-state index contributed by atoms with van der Waals surface area (Å²) in [5, 5.41) is 9.30. The minimum absolute atomic E-state index is 0.0388. The Hall–Kier alpha value is -3.59. The van der Waals surface area contributed by atoms with Gasteiger partial charge in [0.2, 0.25) is 0 Å². The van der Waals surface area contributed by atoms with E-state index in [1.165, 1.54) is 0 Å². The zero-order valence-electron chi connectivity index (χ0n) is 24.8. The number of benzene rings is 2. The number of carboxylic acid groups (broad SMARTS) is 1. The fourth-order valence-electron chi connectivity index (χ4n) is 6.80. The molecule has 0 aromatic heterocycles. The number of carboxylic acids is 1. The van der Waals surface area contributed by atoms with Gasteiger partial charge in [0.25, 0.3) is 0 Å². The van der Waals surface area contributed by atoms with Gasteiger partial charge in [0.05, 0.1) is 19.3 Å². The van der Waals surface area contributed by atoms with Gasteiger partial charge in [-0.05, 0) is 62.3 Å².